The van der Waals surface area contributed by atoms with Gasteiger partial charge in [0.15, 0.2) is 0 Å². The average Bonchev–Trinajstić information content (AvgIpc) is 3.38. The minimum absolute atomic E-state index is 0.114. The Bertz CT molecular complexity index is 1350. The number of rotatable bonds is 4. The molecule has 34 heavy (non-hydrogen) atoms. The molecule has 2 unspecified atom stereocenters. The first-order valence-electron chi connectivity index (χ1n) is 11.1. The summed E-state index contributed by atoms with van der Waals surface area (Å²) in [7, 11) is 1.84. The van der Waals surface area contributed by atoms with Crippen molar-refractivity contribution >= 4 is 11.8 Å². The molecule has 0 radical (unpaired) electrons. The maximum atomic E-state index is 13.9. The van der Waals surface area contributed by atoms with Crippen molar-refractivity contribution in [3.05, 3.63) is 77.9 Å². The Morgan fingerprint density at radius 3 is 2.74 bits per heavy atom. The molecule has 2 aromatic carbocycles. The second-order valence-corrected chi connectivity index (χ2v) is 8.47. The molecule has 9 heteroatoms. The molecule has 1 aliphatic heterocycles. The highest BCUT2D eigenvalue weighted by Gasteiger charge is 2.28. The number of anilines is 1. The summed E-state index contributed by atoms with van der Waals surface area (Å²) < 4.78 is 23.1. The molecular weight excluding hydrogens is 435 g/mol. The van der Waals surface area contributed by atoms with E-state index in [9.17, 15) is 9.18 Å². The van der Waals surface area contributed by atoms with Crippen LogP contribution >= 0.6 is 0 Å². The SMILES string of the molecule is Cc1c(-c2cnn(C)c2)nn(-c2ccccc2)c1NC(=O)NC1CC(C)Oc2ccc(F)cc21. The summed E-state index contributed by atoms with van der Waals surface area (Å²) in [6, 6.07) is 13.1. The number of amides is 2. The average molecular weight is 461 g/mol. The second-order valence-electron chi connectivity index (χ2n) is 8.47. The van der Waals surface area contributed by atoms with Crippen molar-refractivity contribution in [2.24, 2.45) is 7.05 Å². The molecular formula is C25H25FN6O2. The second kappa shape index (κ2) is 8.66. The van der Waals surface area contributed by atoms with Crippen LogP contribution in [-0.4, -0.2) is 31.7 Å². The first-order chi connectivity index (χ1) is 16.4. The Morgan fingerprint density at radius 1 is 1.21 bits per heavy atom. The summed E-state index contributed by atoms with van der Waals surface area (Å²) in [5, 5.41) is 15.0. The Morgan fingerprint density at radius 2 is 2.00 bits per heavy atom. The smallest absolute Gasteiger partial charge is 0.320 e. The molecule has 0 bridgehead atoms. The van der Waals surface area contributed by atoms with Crippen molar-refractivity contribution in [2.75, 3.05) is 5.32 Å². The van der Waals surface area contributed by atoms with Crippen molar-refractivity contribution in [1.82, 2.24) is 24.9 Å². The van der Waals surface area contributed by atoms with Crippen LogP contribution in [0.5, 0.6) is 5.75 Å². The molecule has 5 rings (SSSR count). The zero-order valence-corrected chi connectivity index (χ0v) is 19.1. The van der Waals surface area contributed by atoms with Gasteiger partial charge in [-0.1, -0.05) is 18.2 Å². The summed E-state index contributed by atoms with van der Waals surface area (Å²) in [5.74, 6) is 0.750. The number of hydrogen-bond donors (Lipinski definition) is 2. The summed E-state index contributed by atoms with van der Waals surface area (Å²) in [4.78, 5) is 13.2. The van der Waals surface area contributed by atoms with E-state index in [2.05, 4.69) is 15.7 Å². The number of halogens is 1. The van der Waals surface area contributed by atoms with E-state index in [1.807, 2.05) is 57.4 Å². The standard InChI is InChI=1S/C25H25FN6O2/c1-15-11-21(20-12-18(26)9-10-22(20)34-15)28-25(33)29-24-16(2)23(17-13-27-31(3)14-17)30-32(24)19-7-5-4-6-8-19/h4-10,12-15,21H,11H2,1-3H3,(H2,28,29,33). The van der Waals surface area contributed by atoms with Crippen LogP contribution in [0, 0.1) is 12.7 Å². The van der Waals surface area contributed by atoms with E-state index in [0.29, 0.717) is 23.6 Å². The lowest BCUT2D eigenvalue weighted by molar-refractivity contribution is 0.167. The Kier molecular flexibility index (Phi) is 5.53. The molecule has 1 aliphatic rings. The van der Waals surface area contributed by atoms with E-state index in [0.717, 1.165) is 22.5 Å². The van der Waals surface area contributed by atoms with Crippen LogP contribution in [0.15, 0.2) is 60.9 Å². The third kappa shape index (κ3) is 4.12. The zero-order chi connectivity index (χ0) is 23.8. The molecule has 2 atom stereocenters. The van der Waals surface area contributed by atoms with Gasteiger partial charge in [-0.3, -0.25) is 10.00 Å². The van der Waals surface area contributed by atoms with Crippen LogP contribution in [0.2, 0.25) is 0 Å². The highest BCUT2D eigenvalue weighted by molar-refractivity contribution is 5.91. The van der Waals surface area contributed by atoms with Gasteiger partial charge >= 0.3 is 6.03 Å². The fourth-order valence-corrected chi connectivity index (χ4v) is 4.28. The fourth-order valence-electron chi connectivity index (χ4n) is 4.28. The van der Waals surface area contributed by atoms with Crippen molar-refractivity contribution in [1.29, 1.82) is 0 Å². The van der Waals surface area contributed by atoms with Crippen molar-refractivity contribution < 1.29 is 13.9 Å². The molecule has 2 aromatic heterocycles. The van der Waals surface area contributed by atoms with Gasteiger partial charge in [0, 0.05) is 36.4 Å². The summed E-state index contributed by atoms with van der Waals surface area (Å²) >= 11 is 0. The molecule has 0 saturated heterocycles. The molecule has 4 aromatic rings. The van der Waals surface area contributed by atoms with Crippen LogP contribution in [-0.2, 0) is 7.05 Å². The molecule has 2 N–H and O–H groups in total. The predicted molar refractivity (Wildman–Crippen MR) is 127 cm³/mol. The molecule has 0 spiro atoms. The van der Waals surface area contributed by atoms with Gasteiger partial charge in [-0.2, -0.15) is 10.2 Å². The zero-order valence-electron chi connectivity index (χ0n) is 19.1. The molecule has 0 saturated carbocycles. The number of para-hydroxylation sites is 1. The van der Waals surface area contributed by atoms with Gasteiger partial charge < -0.3 is 10.1 Å². The molecule has 3 heterocycles. The van der Waals surface area contributed by atoms with Gasteiger partial charge in [-0.05, 0) is 44.2 Å². The van der Waals surface area contributed by atoms with E-state index >= 15 is 0 Å². The number of urea groups is 1. The van der Waals surface area contributed by atoms with E-state index in [4.69, 9.17) is 9.84 Å². The van der Waals surface area contributed by atoms with Crippen LogP contribution in [0.25, 0.3) is 16.9 Å². The van der Waals surface area contributed by atoms with Crippen LogP contribution < -0.4 is 15.4 Å². The predicted octanol–water partition coefficient (Wildman–Crippen LogP) is 4.75. The van der Waals surface area contributed by atoms with Crippen LogP contribution in [0.4, 0.5) is 15.0 Å². The Hall–Kier alpha value is -4.14. The van der Waals surface area contributed by atoms with Gasteiger partial charge in [0.1, 0.15) is 23.1 Å². The maximum Gasteiger partial charge on any atom is 0.320 e. The minimum Gasteiger partial charge on any atom is -0.490 e. The van der Waals surface area contributed by atoms with Crippen molar-refractivity contribution in [3.63, 3.8) is 0 Å². The third-order valence-corrected chi connectivity index (χ3v) is 5.88. The van der Waals surface area contributed by atoms with Crippen LogP contribution in [0.1, 0.15) is 30.5 Å². The van der Waals surface area contributed by atoms with E-state index in [1.165, 1.54) is 12.1 Å². The number of ether oxygens (including phenoxy) is 1. The number of fused-ring (bicyclic) bond motifs is 1. The molecule has 174 valence electrons. The summed E-state index contributed by atoms with van der Waals surface area (Å²) in [5.41, 5.74) is 3.81. The fraction of sp³-hybridized carbons (Fsp3) is 0.240. The molecule has 0 fully saturated rings. The summed E-state index contributed by atoms with van der Waals surface area (Å²) in [6.45, 7) is 3.83. The number of aromatic nitrogens is 4. The first kappa shape index (κ1) is 21.7. The van der Waals surface area contributed by atoms with Gasteiger partial charge in [0.05, 0.1) is 24.0 Å². The number of carbonyl (C=O) groups excluding carboxylic acids is 1. The Labute approximate surface area is 196 Å². The monoisotopic (exact) mass is 460 g/mol. The lowest BCUT2D eigenvalue weighted by atomic mass is 9.97. The van der Waals surface area contributed by atoms with Gasteiger partial charge in [0.2, 0.25) is 0 Å². The number of nitrogens with zero attached hydrogens (tertiary/aromatic N) is 4. The first-order valence-corrected chi connectivity index (χ1v) is 11.1. The number of benzene rings is 2. The van der Waals surface area contributed by atoms with E-state index in [1.54, 1.807) is 21.6 Å². The lowest BCUT2D eigenvalue weighted by Gasteiger charge is -2.31. The number of nitrogens with one attached hydrogen (secondary N) is 2. The van der Waals surface area contributed by atoms with Gasteiger partial charge in [0.25, 0.3) is 0 Å². The molecule has 2 amide bonds. The number of carbonyl (C=O) groups is 1. The Balaban J connectivity index is 1.47. The number of aryl methyl sites for hydroxylation is 1. The topological polar surface area (TPSA) is 86.0 Å². The summed E-state index contributed by atoms with van der Waals surface area (Å²) in [6.07, 6.45) is 4.03. The van der Waals surface area contributed by atoms with Gasteiger partial charge in [-0.25, -0.2) is 13.9 Å². The highest BCUT2D eigenvalue weighted by atomic mass is 19.1. The third-order valence-electron chi connectivity index (χ3n) is 5.88. The molecule has 8 nitrogen and oxygen atoms in total. The minimum atomic E-state index is -0.410. The normalized spacial score (nSPS) is 17.1. The quantitative estimate of drug-likeness (QED) is 0.460. The molecule has 0 aliphatic carbocycles. The maximum absolute atomic E-state index is 13.9. The lowest BCUT2D eigenvalue weighted by Crippen LogP contribution is -2.38. The highest BCUT2D eigenvalue weighted by Crippen LogP contribution is 2.35. The number of hydrogen-bond acceptors (Lipinski definition) is 4. The van der Waals surface area contributed by atoms with E-state index < -0.39 is 6.03 Å². The van der Waals surface area contributed by atoms with Gasteiger partial charge in [-0.15, -0.1) is 0 Å². The van der Waals surface area contributed by atoms with E-state index in [-0.39, 0.29) is 18.0 Å². The van der Waals surface area contributed by atoms with Crippen LogP contribution in [0.3, 0.4) is 0 Å². The van der Waals surface area contributed by atoms with Crippen molar-refractivity contribution in [2.45, 2.75) is 32.4 Å². The largest absolute Gasteiger partial charge is 0.490 e. The van der Waals surface area contributed by atoms with Crippen molar-refractivity contribution in [3.8, 4) is 22.7 Å².